The average molecular weight is 396 g/mol. The summed E-state index contributed by atoms with van der Waals surface area (Å²) in [5.74, 6) is -2.10. The Morgan fingerprint density at radius 1 is 1.19 bits per heavy atom. The van der Waals surface area contributed by atoms with Crippen molar-refractivity contribution in [2.75, 3.05) is 25.1 Å². The number of ether oxygens (including phenoxy) is 3. The number of rotatable bonds is 9. The quantitative estimate of drug-likeness (QED) is 0.646. The molecule has 1 N–H and O–H groups in total. The maximum absolute atomic E-state index is 13.0. The van der Waals surface area contributed by atoms with Crippen molar-refractivity contribution in [3.63, 3.8) is 0 Å². The molecular formula is C17H17FN2O6S. The van der Waals surface area contributed by atoms with Gasteiger partial charge in [0.05, 0.1) is 18.7 Å². The van der Waals surface area contributed by atoms with Gasteiger partial charge in [-0.05, 0) is 19.1 Å². The minimum atomic E-state index is -0.781. The van der Waals surface area contributed by atoms with Crippen LogP contribution in [0.2, 0.25) is 0 Å². The fourth-order valence-electron chi connectivity index (χ4n) is 1.85. The highest BCUT2D eigenvalue weighted by Gasteiger charge is 2.12. The number of benzene rings is 1. The van der Waals surface area contributed by atoms with Gasteiger partial charge < -0.3 is 14.2 Å². The van der Waals surface area contributed by atoms with Crippen LogP contribution in [0.5, 0.6) is 5.75 Å². The Morgan fingerprint density at radius 2 is 2.00 bits per heavy atom. The number of carbonyl (C=O) groups excluding carboxylic acids is 3. The second-order valence-electron chi connectivity index (χ2n) is 5.08. The molecule has 0 spiro atoms. The molecule has 0 bridgehead atoms. The molecule has 2 rings (SSSR count). The van der Waals surface area contributed by atoms with Crippen LogP contribution in [0.1, 0.15) is 12.6 Å². The molecule has 0 saturated carbocycles. The minimum absolute atomic E-state index is 0.00656. The molecule has 144 valence electrons. The Hall–Kier alpha value is -3.01. The van der Waals surface area contributed by atoms with Crippen molar-refractivity contribution in [3.8, 4) is 5.75 Å². The molecule has 0 aliphatic heterocycles. The van der Waals surface area contributed by atoms with E-state index in [0.29, 0.717) is 5.69 Å². The predicted octanol–water partition coefficient (Wildman–Crippen LogP) is 1.95. The highest BCUT2D eigenvalue weighted by atomic mass is 32.1. The van der Waals surface area contributed by atoms with E-state index in [2.05, 4.69) is 10.3 Å². The zero-order chi connectivity index (χ0) is 19.6. The lowest BCUT2D eigenvalue weighted by molar-refractivity contribution is -0.149. The van der Waals surface area contributed by atoms with Crippen LogP contribution in [0.25, 0.3) is 0 Å². The fourth-order valence-corrected chi connectivity index (χ4v) is 2.57. The molecule has 0 aliphatic rings. The Bertz CT molecular complexity index is 810. The number of hydrogen-bond acceptors (Lipinski definition) is 8. The summed E-state index contributed by atoms with van der Waals surface area (Å²) in [7, 11) is 0. The summed E-state index contributed by atoms with van der Waals surface area (Å²) < 4.78 is 27.6. The smallest absolute Gasteiger partial charge is 0.344 e. The van der Waals surface area contributed by atoms with Crippen molar-refractivity contribution >= 4 is 34.3 Å². The average Bonchev–Trinajstić information content (AvgIpc) is 3.05. The van der Waals surface area contributed by atoms with Crippen molar-refractivity contribution in [1.82, 2.24) is 4.98 Å². The van der Waals surface area contributed by atoms with Crippen LogP contribution in [-0.2, 0) is 30.3 Å². The summed E-state index contributed by atoms with van der Waals surface area (Å²) in [5, 5.41) is 4.34. The summed E-state index contributed by atoms with van der Waals surface area (Å²) >= 11 is 1.13. The van der Waals surface area contributed by atoms with Gasteiger partial charge in [0.1, 0.15) is 11.6 Å². The standard InChI is InChI=1S/C17H17FN2O6S/c1-2-24-15(22)7-12-10-27-17(19-12)20-14(21)8-26-16(23)9-25-13-5-3-4-11(18)6-13/h3-6,10H,2,7-9H2,1H3,(H,19,20,21). The number of esters is 2. The van der Waals surface area contributed by atoms with Gasteiger partial charge in [-0.25, -0.2) is 14.2 Å². The Balaban J connectivity index is 1.70. The molecule has 0 aliphatic carbocycles. The summed E-state index contributed by atoms with van der Waals surface area (Å²) in [4.78, 5) is 38.8. The van der Waals surface area contributed by atoms with Crippen LogP contribution in [0.3, 0.4) is 0 Å². The first-order chi connectivity index (χ1) is 13.0. The van der Waals surface area contributed by atoms with E-state index in [-0.39, 0.29) is 23.9 Å². The normalized spacial score (nSPS) is 10.1. The molecular weight excluding hydrogens is 379 g/mol. The number of amides is 1. The molecule has 27 heavy (non-hydrogen) atoms. The van der Waals surface area contributed by atoms with E-state index in [1.165, 1.54) is 18.2 Å². The lowest BCUT2D eigenvalue weighted by atomic mass is 10.3. The predicted molar refractivity (Wildman–Crippen MR) is 93.9 cm³/mol. The van der Waals surface area contributed by atoms with Crippen molar-refractivity contribution in [3.05, 3.63) is 41.2 Å². The van der Waals surface area contributed by atoms with Gasteiger partial charge >= 0.3 is 11.9 Å². The number of thiazole rings is 1. The zero-order valence-electron chi connectivity index (χ0n) is 14.4. The fraction of sp³-hybridized carbons (Fsp3) is 0.294. The van der Waals surface area contributed by atoms with E-state index < -0.39 is 36.9 Å². The number of nitrogens with zero attached hydrogens (tertiary/aromatic N) is 1. The number of carbonyl (C=O) groups is 3. The number of nitrogens with one attached hydrogen (secondary N) is 1. The number of hydrogen-bond donors (Lipinski definition) is 1. The number of halogens is 1. The first-order valence-electron chi connectivity index (χ1n) is 7.90. The van der Waals surface area contributed by atoms with E-state index in [9.17, 15) is 18.8 Å². The maximum atomic E-state index is 13.0. The van der Waals surface area contributed by atoms with E-state index in [4.69, 9.17) is 14.2 Å². The van der Waals surface area contributed by atoms with Gasteiger partial charge in [0.2, 0.25) is 0 Å². The number of anilines is 1. The zero-order valence-corrected chi connectivity index (χ0v) is 15.2. The van der Waals surface area contributed by atoms with E-state index in [1.54, 1.807) is 12.3 Å². The molecule has 0 unspecified atom stereocenters. The highest BCUT2D eigenvalue weighted by Crippen LogP contribution is 2.16. The lowest BCUT2D eigenvalue weighted by Gasteiger charge is -2.07. The summed E-state index contributed by atoms with van der Waals surface area (Å²) in [6.45, 7) is 0.992. The van der Waals surface area contributed by atoms with Crippen LogP contribution in [0, 0.1) is 5.82 Å². The third kappa shape index (κ3) is 7.40. The summed E-state index contributed by atoms with van der Waals surface area (Å²) in [6.07, 6.45) is 0.00656. The van der Waals surface area contributed by atoms with E-state index in [0.717, 1.165) is 17.4 Å². The van der Waals surface area contributed by atoms with Crippen LogP contribution < -0.4 is 10.1 Å². The van der Waals surface area contributed by atoms with Gasteiger partial charge in [-0.3, -0.25) is 14.9 Å². The van der Waals surface area contributed by atoms with Gasteiger partial charge in [-0.15, -0.1) is 11.3 Å². The Kier molecular flexibility index (Phi) is 7.68. The third-order valence-electron chi connectivity index (χ3n) is 2.95. The van der Waals surface area contributed by atoms with Gasteiger partial charge in [0, 0.05) is 11.4 Å². The van der Waals surface area contributed by atoms with E-state index in [1.807, 2.05) is 0 Å². The summed E-state index contributed by atoms with van der Waals surface area (Å²) in [5.41, 5.74) is 0.467. The topological polar surface area (TPSA) is 104 Å². The first kappa shape index (κ1) is 20.3. The van der Waals surface area contributed by atoms with Crippen molar-refractivity contribution in [2.45, 2.75) is 13.3 Å². The molecule has 1 aromatic carbocycles. The minimum Gasteiger partial charge on any atom is -0.482 e. The molecule has 1 amide bonds. The second kappa shape index (κ2) is 10.2. The Morgan fingerprint density at radius 3 is 2.74 bits per heavy atom. The molecule has 10 heteroatoms. The second-order valence-corrected chi connectivity index (χ2v) is 5.94. The third-order valence-corrected chi connectivity index (χ3v) is 3.75. The Labute approximate surface area is 158 Å². The van der Waals surface area contributed by atoms with Gasteiger partial charge in [-0.2, -0.15) is 0 Å². The van der Waals surface area contributed by atoms with Crippen LogP contribution in [0.15, 0.2) is 29.6 Å². The van der Waals surface area contributed by atoms with Crippen LogP contribution in [-0.4, -0.2) is 42.7 Å². The highest BCUT2D eigenvalue weighted by molar-refractivity contribution is 7.13. The first-order valence-corrected chi connectivity index (χ1v) is 8.78. The van der Waals surface area contributed by atoms with Crippen LogP contribution >= 0.6 is 11.3 Å². The molecule has 1 aromatic heterocycles. The summed E-state index contributed by atoms with van der Waals surface area (Å²) in [6, 6.07) is 5.29. The molecule has 0 saturated heterocycles. The molecule has 0 radical (unpaired) electrons. The largest absolute Gasteiger partial charge is 0.482 e. The number of aromatic nitrogens is 1. The molecule has 2 aromatic rings. The van der Waals surface area contributed by atoms with Crippen LogP contribution in [0.4, 0.5) is 9.52 Å². The molecule has 1 heterocycles. The molecule has 8 nitrogen and oxygen atoms in total. The van der Waals surface area contributed by atoms with Crippen molar-refractivity contribution in [1.29, 1.82) is 0 Å². The van der Waals surface area contributed by atoms with Crippen molar-refractivity contribution in [2.24, 2.45) is 0 Å². The van der Waals surface area contributed by atoms with Crippen molar-refractivity contribution < 1.29 is 33.0 Å². The van der Waals surface area contributed by atoms with Gasteiger partial charge in [0.25, 0.3) is 5.91 Å². The monoisotopic (exact) mass is 396 g/mol. The van der Waals surface area contributed by atoms with Gasteiger partial charge in [0.15, 0.2) is 18.3 Å². The van der Waals surface area contributed by atoms with E-state index >= 15 is 0 Å². The molecule has 0 fully saturated rings. The van der Waals surface area contributed by atoms with Gasteiger partial charge in [-0.1, -0.05) is 6.07 Å². The SMILES string of the molecule is CCOC(=O)Cc1csc(NC(=O)COC(=O)COc2cccc(F)c2)n1. The maximum Gasteiger partial charge on any atom is 0.344 e. The lowest BCUT2D eigenvalue weighted by Crippen LogP contribution is -2.23. The molecule has 0 atom stereocenters.